The van der Waals surface area contributed by atoms with Crippen LogP contribution in [-0.4, -0.2) is 13.0 Å². The van der Waals surface area contributed by atoms with E-state index in [9.17, 15) is 4.79 Å². The predicted octanol–water partition coefficient (Wildman–Crippen LogP) is 3.88. The van der Waals surface area contributed by atoms with E-state index < -0.39 is 0 Å². The summed E-state index contributed by atoms with van der Waals surface area (Å²) in [7, 11) is 1.64. The molecule has 2 rings (SSSR count). The van der Waals surface area contributed by atoms with E-state index in [4.69, 9.17) is 4.74 Å². The van der Waals surface area contributed by atoms with Crippen molar-refractivity contribution in [2.24, 2.45) is 0 Å². The molecule has 0 aromatic heterocycles. The summed E-state index contributed by atoms with van der Waals surface area (Å²) in [6.45, 7) is 1.97. The van der Waals surface area contributed by atoms with Gasteiger partial charge in [0, 0.05) is 4.47 Å². The molecule has 0 radical (unpaired) electrons. The average molecular weight is 348 g/mol. The van der Waals surface area contributed by atoms with E-state index in [1.165, 1.54) is 0 Å². The molecule has 0 aliphatic carbocycles. The van der Waals surface area contributed by atoms with Gasteiger partial charge >= 0.3 is 0 Å². The van der Waals surface area contributed by atoms with Crippen LogP contribution in [0, 0.1) is 0 Å². The summed E-state index contributed by atoms with van der Waals surface area (Å²) in [5.41, 5.74) is 2.05. The third kappa shape index (κ3) is 4.60. The molecule has 0 saturated carbocycles. The Morgan fingerprint density at radius 3 is 2.33 bits per heavy atom. The molecular formula is C17H18BrNO2. The molecule has 0 saturated heterocycles. The zero-order chi connectivity index (χ0) is 15.2. The SMILES string of the molecule is COc1ccc([C@@H](C)NC(=O)Cc2ccc(Br)cc2)cc1. The lowest BCUT2D eigenvalue weighted by Gasteiger charge is -2.15. The second-order valence-electron chi connectivity index (χ2n) is 4.87. The summed E-state index contributed by atoms with van der Waals surface area (Å²) in [5.74, 6) is 0.827. The Kier molecular flexibility index (Phi) is 5.39. The van der Waals surface area contributed by atoms with Crippen molar-refractivity contribution in [3.05, 3.63) is 64.1 Å². The first-order valence-corrected chi connectivity index (χ1v) is 7.55. The van der Waals surface area contributed by atoms with Gasteiger partial charge in [-0.2, -0.15) is 0 Å². The molecule has 4 heteroatoms. The number of rotatable bonds is 5. The zero-order valence-electron chi connectivity index (χ0n) is 12.1. The summed E-state index contributed by atoms with van der Waals surface area (Å²) in [4.78, 5) is 12.1. The summed E-state index contributed by atoms with van der Waals surface area (Å²) in [5, 5.41) is 3.01. The van der Waals surface area contributed by atoms with Crippen LogP contribution in [0.1, 0.15) is 24.1 Å². The fourth-order valence-corrected chi connectivity index (χ4v) is 2.32. The number of halogens is 1. The molecule has 2 aromatic rings. The lowest BCUT2D eigenvalue weighted by atomic mass is 10.1. The lowest BCUT2D eigenvalue weighted by Crippen LogP contribution is -2.28. The second-order valence-corrected chi connectivity index (χ2v) is 5.78. The van der Waals surface area contributed by atoms with Crippen molar-refractivity contribution >= 4 is 21.8 Å². The number of nitrogens with one attached hydrogen (secondary N) is 1. The average Bonchev–Trinajstić information content (AvgIpc) is 2.49. The molecule has 1 amide bonds. The molecule has 0 aliphatic heterocycles. The van der Waals surface area contributed by atoms with Crippen LogP contribution in [0.25, 0.3) is 0 Å². The fraction of sp³-hybridized carbons (Fsp3) is 0.235. The Balaban J connectivity index is 1.93. The van der Waals surface area contributed by atoms with Crippen LogP contribution in [0.3, 0.4) is 0 Å². The van der Waals surface area contributed by atoms with Gasteiger partial charge in [-0.25, -0.2) is 0 Å². The van der Waals surface area contributed by atoms with E-state index in [0.29, 0.717) is 6.42 Å². The standard InChI is InChI=1S/C17H18BrNO2/c1-12(14-5-9-16(21-2)10-6-14)19-17(20)11-13-3-7-15(18)8-4-13/h3-10,12H,11H2,1-2H3,(H,19,20)/t12-/m1/s1. The van der Waals surface area contributed by atoms with E-state index in [1.54, 1.807) is 7.11 Å². The summed E-state index contributed by atoms with van der Waals surface area (Å²) in [6.07, 6.45) is 0.383. The van der Waals surface area contributed by atoms with Crippen LogP contribution in [0.5, 0.6) is 5.75 Å². The van der Waals surface area contributed by atoms with Gasteiger partial charge in [0.1, 0.15) is 5.75 Å². The minimum absolute atomic E-state index is 0.0145. The van der Waals surface area contributed by atoms with E-state index in [0.717, 1.165) is 21.3 Å². The van der Waals surface area contributed by atoms with Crippen molar-refractivity contribution in [3.8, 4) is 5.75 Å². The molecule has 110 valence electrons. The fourth-order valence-electron chi connectivity index (χ4n) is 2.06. The van der Waals surface area contributed by atoms with Gasteiger partial charge in [0.15, 0.2) is 0 Å². The summed E-state index contributed by atoms with van der Waals surface area (Å²) >= 11 is 3.38. The van der Waals surface area contributed by atoms with Gasteiger partial charge in [0.05, 0.1) is 19.6 Å². The van der Waals surface area contributed by atoms with Gasteiger partial charge < -0.3 is 10.1 Å². The van der Waals surface area contributed by atoms with Gasteiger partial charge in [-0.15, -0.1) is 0 Å². The molecule has 1 N–H and O–H groups in total. The number of amides is 1. The van der Waals surface area contributed by atoms with Crippen LogP contribution in [0.2, 0.25) is 0 Å². The minimum atomic E-state index is -0.0288. The highest BCUT2D eigenvalue weighted by Gasteiger charge is 2.10. The minimum Gasteiger partial charge on any atom is -0.497 e. The summed E-state index contributed by atoms with van der Waals surface area (Å²) < 4.78 is 6.14. The van der Waals surface area contributed by atoms with Crippen LogP contribution < -0.4 is 10.1 Å². The number of methoxy groups -OCH3 is 1. The van der Waals surface area contributed by atoms with E-state index >= 15 is 0 Å². The van der Waals surface area contributed by atoms with Crippen LogP contribution in [0.15, 0.2) is 53.0 Å². The number of hydrogen-bond acceptors (Lipinski definition) is 2. The quantitative estimate of drug-likeness (QED) is 0.891. The molecule has 0 bridgehead atoms. The normalized spacial score (nSPS) is 11.8. The molecule has 2 aromatic carbocycles. The van der Waals surface area contributed by atoms with Crippen molar-refractivity contribution in [2.45, 2.75) is 19.4 Å². The topological polar surface area (TPSA) is 38.3 Å². The maximum Gasteiger partial charge on any atom is 0.224 e. The van der Waals surface area contributed by atoms with Gasteiger partial charge in [-0.05, 0) is 42.3 Å². The van der Waals surface area contributed by atoms with Gasteiger partial charge in [0.2, 0.25) is 5.91 Å². The first-order chi connectivity index (χ1) is 10.1. The maximum atomic E-state index is 12.1. The Hall–Kier alpha value is -1.81. The Morgan fingerprint density at radius 1 is 1.14 bits per heavy atom. The van der Waals surface area contributed by atoms with Crippen molar-refractivity contribution in [1.29, 1.82) is 0 Å². The van der Waals surface area contributed by atoms with E-state index in [1.807, 2.05) is 55.5 Å². The smallest absolute Gasteiger partial charge is 0.224 e. The van der Waals surface area contributed by atoms with Crippen molar-refractivity contribution in [2.75, 3.05) is 7.11 Å². The predicted molar refractivity (Wildman–Crippen MR) is 87.4 cm³/mol. The number of carbonyl (C=O) groups excluding carboxylic acids is 1. The highest BCUT2D eigenvalue weighted by atomic mass is 79.9. The zero-order valence-corrected chi connectivity index (χ0v) is 13.7. The number of benzene rings is 2. The second kappa shape index (κ2) is 7.27. The molecule has 0 unspecified atom stereocenters. The number of hydrogen-bond donors (Lipinski definition) is 1. The third-order valence-electron chi connectivity index (χ3n) is 3.27. The van der Waals surface area contributed by atoms with Crippen LogP contribution >= 0.6 is 15.9 Å². The molecule has 3 nitrogen and oxygen atoms in total. The van der Waals surface area contributed by atoms with Crippen molar-refractivity contribution < 1.29 is 9.53 Å². The highest BCUT2D eigenvalue weighted by Crippen LogP contribution is 2.17. The number of carbonyl (C=O) groups is 1. The van der Waals surface area contributed by atoms with Crippen molar-refractivity contribution in [3.63, 3.8) is 0 Å². The van der Waals surface area contributed by atoms with E-state index in [-0.39, 0.29) is 11.9 Å². The monoisotopic (exact) mass is 347 g/mol. The Labute approximate surface area is 133 Å². The molecule has 21 heavy (non-hydrogen) atoms. The molecular weight excluding hydrogens is 330 g/mol. The molecule has 0 fully saturated rings. The van der Waals surface area contributed by atoms with Crippen LogP contribution in [0.4, 0.5) is 0 Å². The van der Waals surface area contributed by atoms with Crippen molar-refractivity contribution in [1.82, 2.24) is 5.32 Å². The highest BCUT2D eigenvalue weighted by molar-refractivity contribution is 9.10. The van der Waals surface area contributed by atoms with E-state index in [2.05, 4.69) is 21.2 Å². The number of ether oxygens (including phenoxy) is 1. The van der Waals surface area contributed by atoms with Gasteiger partial charge in [0.25, 0.3) is 0 Å². The Bertz CT molecular complexity index is 593. The Morgan fingerprint density at radius 2 is 1.76 bits per heavy atom. The van der Waals surface area contributed by atoms with Crippen LogP contribution in [-0.2, 0) is 11.2 Å². The first-order valence-electron chi connectivity index (χ1n) is 6.76. The molecule has 1 atom stereocenters. The molecule has 0 aliphatic rings. The molecule has 0 spiro atoms. The largest absolute Gasteiger partial charge is 0.497 e. The molecule has 0 heterocycles. The maximum absolute atomic E-state index is 12.1. The lowest BCUT2D eigenvalue weighted by molar-refractivity contribution is -0.121. The van der Waals surface area contributed by atoms with Gasteiger partial charge in [-0.3, -0.25) is 4.79 Å². The van der Waals surface area contributed by atoms with Gasteiger partial charge in [-0.1, -0.05) is 40.2 Å². The third-order valence-corrected chi connectivity index (χ3v) is 3.80. The summed E-state index contributed by atoms with van der Waals surface area (Å²) in [6, 6.07) is 15.5. The first kappa shape index (κ1) is 15.6.